The number of halogens is 3. The molecule has 4 aromatic rings. The number of hydrogen-bond donors (Lipinski definition) is 4. The Balaban J connectivity index is 0.880. The van der Waals surface area contributed by atoms with E-state index < -0.39 is 56.7 Å². The van der Waals surface area contributed by atoms with Gasteiger partial charge in [-0.15, -0.1) is 0 Å². The number of benzene rings is 4. The van der Waals surface area contributed by atoms with Crippen molar-refractivity contribution in [3.8, 4) is 17.6 Å². The van der Waals surface area contributed by atoms with Crippen LogP contribution in [0.3, 0.4) is 0 Å². The SMILES string of the molecule is COc1cc(S(=O)(=O)N2CCO[C@]3(C[C@@H]3C#Cc3cccc4c3CN([C@H]3CCC(=O)NC3=O)C4=O)C2)ccc1NC(=O)[C@@H]1N[C@@H](CC(C)(C)C)[C@@]2(CNc3cc(Cl)ccc32)[C@H]1c1cccc(Cl)c1F. The molecule has 4 aromatic carbocycles. The lowest BCUT2D eigenvalue weighted by molar-refractivity contribution is -0.137. The zero-order chi connectivity index (χ0) is 48.8. The smallest absolute Gasteiger partial charge is 0.255 e. The summed E-state index contributed by atoms with van der Waals surface area (Å²) in [6.45, 7) is 7.23. The Bertz CT molecular complexity index is 3030. The first-order valence-corrected chi connectivity index (χ1v) is 25.2. The lowest BCUT2D eigenvalue weighted by Gasteiger charge is -2.39. The molecule has 10 rings (SSSR count). The van der Waals surface area contributed by atoms with Crippen LogP contribution in [0.2, 0.25) is 10.0 Å². The van der Waals surface area contributed by atoms with Gasteiger partial charge >= 0.3 is 0 Å². The maximum absolute atomic E-state index is 16.4. The van der Waals surface area contributed by atoms with E-state index in [0.717, 1.165) is 11.3 Å². The number of nitrogens with one attached hydrogen (secondary N) is 4. The molecule has 0 unspecified atom stereocenters. The third-order valence-corrected chi connectivity index (χ3v) is 17.0. The van der Waals surface area contributed by atoms with Gasteiger partial charge in [0.15, 0.2) is 0 Å². The van der Waals surface area contributed by atoms with E-state index >= 15 is 4.39 Å². The molecule has 2 spiro atoms. The fraction of sp³-hybridized carbons (Fsp3) is 0.412. The van der Waals surface area contributed by atoms with Crippen LogP contribution in [0.25, 0.3) is 0 Å². The van der Waals surface area contributed by atoms with Crippen molar-refractivity contribution in [3.05, 3.63) is 116 Å². The molecule has 18 heteroatoms. The maximum atomic E-state index is 16.4. The standard InChI is InChI=1S/C51H51Cl2FN6O8S/c1-49(2,3)24-41-51(26-55-38-21-30(52)13-15-35(38)51)43(33-9-6-10-36(53)44(33)54)45(57-41)47(63)56-37-16-14-31(22-40(37)67-4)69(65,66)59-19-20-68-50(27-59)23-29(50)12-11-28-7-5-8-32-34(28)25-60(48(32)64)39-17-18-42(61)58-46(39)62/h5-10,13-16,21-22,29,39,41,43,45,55,57H,17-20,23-27H2,1-4H3,(H,56,63)(H,58,61,62)/t29-,39-,41-,43-,45+,50+,51-/m0/s1. The van der Waals surface area contributed by atoms with Gasteiger partial charge in [-0.2, -0.15) is 4.31 Å². The quantitative estimate of drug-likeness (QED) is 0.111. The van der Waals surface area contributed by atoms with E-state index in [-0.39, 0.29) is 95.2 Å². The fourth-order valence-corrected chi connectivity index (χ4v) is 13.1. The minimum absolute atomic E-state index is 0.0443. The molecule has 4 N–H and O–H groups in total. The van der Waals surface area contributed by atoms with Crippen molar-refractivity contribution in [2.75, 3.05) is 44.0 Å². The summed E-state index contributed by atoms with van der Waals surface area (Å²) < 4.78 is 58.4. The first-order chi connectivity index (χ1) is 32.8. The number of hydrogen-bond acceptors (Lipinski definition) is 10. The summed E-state index contributed by atoms with van der Waals surface area (Å²) in [6.07, 6.45) is 1.53. The molecule has 0 bridgehead atoms. The van der Waals surface area contributed by atoms with Crippen molar-refractivity contribution in [3.63, 3.8) is 0 Å². The zero-order valence-corrected chi connectivity index (χ0v) is 40.7. The molecule has 360 valence electrons. The summed E-state index contributed by atoms with van der Waals surface area (Å²) in [5, 5.41) is 12.9. The fourth-order valence-electron chi connectivity index (χ4n) is 11.2. The number of anilines is 2. The molecule has 5 aliphatic heterocycles. The number of piperidine rings is 1. The number of rotatable bonds is 8. The van der Waals surface area contributed by atoms with Crippen molar-refractivity contribution in [1.82, 2.24) is 19.8 Å². The van der Waals surface area contributed by atoms with Crippen molar-refractivity contribution in [1.29, 1.82) is 0 Å². The molecular weight excluding hydrogens is 947 g/mol. The number of fused-ring (bicyclic) bond motifs is 3. The molecule has 14 nitrogen and oxygen atoms in total. The monoisotopic (exact) mass is 996 g/mol. The summed E-state index contributed by atoms with van der Waals surface area (Å²) in [5.41, 5.74) is 2.16. The minimum Gasteiger partial charge on any atom is -0.495 e. The minimum atomic E-state index is -4.11. The van der Waals surface area contributed by atoms with Crippen LogP contribution in [0.15, 0.2) is 77.7 Å². The predicted molar refractivity (Wildman–Crippen MR) is 257 cm³/mol. The molecule has 3 saturated heterocycles. The van der Waals surface area contributed by atoms with Gasteiger partial charge < -0.3 is 30.3 Å². The van der Waals surface area contributed by atoms with Gasteiger partial charge in [-0.3, -0.25) is 24.5 Å². The molecule has 1 aliphatic carbocycles. The highest BCUT2D eigenvalue weighted by molar-refractivity contribution is 7.89. The summed E-state index contributed by atoms with van der Waals surface area (Å²) in [4.78, 5) is 54.0. The Morgan fingerprint density at radius 2 is 1.86 bits per heavy atom. The van der Waals surface area contributed by atoms with Crippen LogP contribution in [0, 0.1) is 29.0 Å². The number of nitrogens with zero attached hydrogens (tertiary/aromatic N) is 2. The third-order valence-electron chi connectivity index (χ3n) is 14.6. The second-order valence-electron chi connectivity index (χ2n) is 20.0. The number of sulfonamides is 1. The first-order valence-electron chi connectivity index (χ1n) is 23.0. The van der Waals surface area contributed by atoms with Crippen molar-refractivity contribution < 1.29 is 41.5 Å². The Morgan fingerprint density at radius 3 is 2.62 bits per heavy atom. The number of carbonyl (C=O) groups excluding carboxylic acids is 4. The average Bonchev–Trinajstić information content (AvgIpc) is 3.51. The first kappa shape index (κ1) is 47.2. The van der Waals surface area contributed by atoms with Gasteiger partial charge in [-0.1, -0.05) is 80.1 Å². The molecule has 0 radical (unpaired) electrons. The molecule has 0 aromatic heterocycles. The molecule has 69 heavy (non-hydrogen) atoms. The largest absolute Gasteiger partial charge is 0.495 e. The van der Waals surface area contributed by atoms with Crippen molar-refractivity contribution >= 4 is 68.2 Å². The average molecular weight is 998 g/mol. The van der Waals surface area contributed by atoms with Crippen molar-refractivity contribution in [2.45, 2.75) is 93.0 Å². The van der Waals surface area contributed by atoms with Crippen molar-refractivity contribution in [2.24, 2.45) is 11.3 Å². The Kier molecular flexibility index (Phi) is 11.9. The number of morpholine rings is 1. The predicted octanol–water partition coefficient (Wildman–Crippen LogP) is 6.60. The summed E-state index contributed by atoms with van der Waals surface area (Å²) in [7, 11) is -2.72. The number of methoxy groups -OCH3 is 1. The zero-order valence-electron chi connectivity index (χ0n) is 38.4. The highest BCUT2D eigenvalue weighted by Crippen LogP contribution is 2.57. The number of ether oxygens (including phenoxy) is 2. The van der Waals surface area contributed by atoms with E-state index in [4.69, 9.17) is 32.7 Å². The maximum Gasteiger partial charge on any atom is 0.255 e. The summed E-state index contributed by atoms with van der Waals surface area (Å²) >= 11 is 12.9. The van der Waals surface area contributed by atoms with E-state index in [1.165, 1.54) is 40.6 Å². The number of amides is 4. The van der Waals surface area contributed by atoms with Crippen LogP contribution in [-0.4, -0.2) is 98.3 Å². The molecule has 4 fully saturated rings. The molecule has 7 atom stereocenters. The van der Waals surface area contributed by atoms with Crippen LogP contribution < -0.4 is 26.0 Å². The Labute approximate surface area is 410 Å². The van der Waals surface area contributed by atoms with Crippen LogP contribution in [0.1, 0.15) is 85.0 Å². The van der Waals surface area contributed by atoms with Gasteiger partial charge in [0, 0.05) is 77.9 Å². The second-order valence-corrected chi connectivity index (χ2v) is 22.8. The van der Waals surface area contributed by atoms with Gasteiger partial charge in [-0.25, -0.2) is 12.8 Å². The molecule has 6 aliphatic rings. The topological polar surface area (TPSA) is 175 Å². The highest BCUT2D eigenvalue weighted by atomic mass is 35.5. The molecule has 4 amide bonds. The lowest BCUT2D eigenvalue weighted by Crippen LogP contribution is -2.52. The highest BCUT2D eigenvalue weighted by Gasteiger charge is 2.62. The molecule has 1 saturated carbocycles. The summed E-state index contributed by atoms with van der Waals surface area (Å²) in [6, 6.07) is 18.0. The number of imide groups is 1. The normalized spacial score (nSPS) is 27.4. The van der Waals surface area contributed by atoms with Gasteiger partial charge in [0.05, 0.1) is 46.9 Å². The third kappa shape index (κ3) is 8.24. The van der Waals surface area contributed by atoms with Gasteiger partial charge in [0.1, 0.15) is 17.6 Å². The van der Waals surface area contributed by atoms with E-state index in [1.807, 2.05) is 18.2 Å². The van der Waals surface area contributed by atoms with E-state index in [2.05, 4.69) is 53.9 Å². The molecule has 5 heterocycles. The lowest BCUT2D eigenvalue weighted by atomic mass is 9.63. The van der Waals surface area contributed by atoms with Crippen LogP contribution in [0.5, 0.6) is 5.75 Å². The summed E-state index contributed by atoms with van der Waals surface area (Å²) in [5.74, 6) is 3.33. The molecular formula is C51H51Cl2FN6O8S. The van der Waals surface area contributed by atoms with Crippen LogP contribution >= 0.6 is 23.2 Å². The van der Waals surface area contributed by atoms with Gasteiger partial charge in [0.25, 0.3) is 5.91 Å². The van der Waals surface area contributed by atoms with Crippen LogP contribution in [0.4, 0.5) is 15.8 Å². The second kappa shape index (κ2) is 17.4. The van der Waals surface area contributed by atoms with E-state index in [0.29, 0.717) is 41.1 Å². The Hall–Kier alpha value is -5.54. The number of carbonyl (C=O) groups is 4. The van der Waals surface area contributed by atoms with E-state index in [1.54, 1.807) is 30.3 Å². The Morgan fingerprint density at radius 1 is 1.06 bits per heavy atom. The van der Waals surface area contributed by atoms with Gasteiger partial charge in [0.2, 0.25) is 27.7 Å². The van der Waals surface area contributed by atoms with Crippen LogP contribution in [-0.2, 0) is 41.1 Å². The van der Waals surface area contributed by atoms with E-state index in [9.17, 15) is 27.6 Å². The van der Waals surface area contributed by atoms with Gasteiger partial charge in [-0.05, 0) is 83.8 Å².